The number of benzene rings is 1. The Morgan fingerprint density at radius 1 is 1.15 bits per heavy atom. The summed E-state index contributed by atoms with van der Waals surface area (Å²) < 4.78 is 0. The van der Waals surface area contributed by atoms with Crippen LogP contribution in [-0.4, -0.2) is 29.9 Å². The van der Waals surface area contributed by atoms with E-state index in [2.05, 4.69) is 4.98 Å². The van der Waals surface area contributed by atoms with Crippen LogP contribution in [0.3, 0.4) is 0 Å². The molecule has 2 nitrogen and oxygen atoms in total. The minimum absolute atomic E-state index is 0. The van der Waals surface area contributed by atoms with E-state index in [0.717, 1.165) is 11.1 Å². The summed E-state index contributed by atoms with van der Waals surface area (Å²) in [6.07, 6.45) is 0. The van der Waals surface area contributed by atoms with Gasteiger partial charge in [0.05, 0.1) is 0 Å². The van der Waals surface area contributed by atoms with Crippen LogP contribution >= 0.6 is 0 Å². The van der Waals surface area contributed by atoms with E-state index in [0.29, 0.717) is 5.52 Å². The number of nitrogens with zero attached hydrogens (tertiary/aromatic N) is 1. The van der Waals surface area contributed by atoms with Crippen LogP contribution in [0.5, 0.6) is 5.75 Å². The number of fused-ring (bicyclic) bond motifs is 1. The van der Waals surface area contributed by atoms with Crippen LogP contribution in [0.4, 0.5) is 0 Å². The molecule has 0 aliphatic heterocycles. The predicted molar refractivity (Wildman–Crippen MR) is 53.9 cm³/mol. The fourth-order valence-electron chi connectivity index (χ4n) is 1.23. The van der Waals surface area contributed by atoms with Crippen LogP contribution < -0.4 is 0 Å². The van der Waals surface area contributed by atoms with E-state index in [1.165, 1.54) is 0 Å². The van der Waals surface area contributed by atoms with Gasteiger partial charge >= 0.3 is 19.8 Å². The minimum atomic E-state index is 0. The van der Waals surface area contributed by atoms with Gasteiger partial charge in [-0.05, 0) is 19.1 Å². The second kappa shape index (κ2) is 3.85. The van der Waals surface area contributed by atoms with Crippen molar-refractivity contribution in [1.82, 2.24) is 4.98 Å². The van der Waals surface area contributed by atoms with Crippen molar-refractivity contribution in [2.75, 3.05) is 0 Å². The van der Waals surface area contributed by atoms with Gasteiger partial charge in [-0.3, -0.25) is 0 Å². The van der Waals surface area contributed by atoms with Gasteiger partial charge in [-0.15, -0.1) is 0 Å². The zero-order chi connectivity index (χ0) is 8.55. The summed E-state index contributed by atoms with van der Waals surface area (Å²) in [6.45, 7) is 1.91. The van der Waals surface area contributed by atoms with E-state index in [4.69, 9.17) is 0 Å². The molecule has 0 saturated carbocycles. The molecule has 60 valence electrons. The van der Waals surface area contributed by atoms with E-state index in [-0.39, 0.29) is 25.5 Å². The van der Waals surface area contributed by atoms with Crippen LogP contribution in [0.25, 0.3) is 10.9 Å². The van der Waals surface area contributed by atoms with Gasteiger partial charge in [0.2, 0.25) is 0 Å². The molecule has 0 aliphatic carbocycles. The quantitative estimate of drug-likeness (QED) is 0.699. The molecule has 0 aliphatic rings. The number of phenolic OH excluding ortho intramolecular Hbond substituents is 1. The number of rotatable bonds is 0. The topological polar surface area (TPSA) is 33.1 Å². The molecule has 0 spiro atoms. The predicted octanol–water partition coefficient (Wildman–Crippen LogP) is 1.87. The third kappa shape index (κ3) is 1.87. The zero-order valence-electron chi connectivity index (χ0n) is 7.36. The Morgan fingerprint density at radius 2 is 1.92 bits per heavy atom. The van der Waals surface area contributed by atoms with Gasteiger partial charge < -0.3 is 5.11 Å². The van der Waals surface area contributed by atoms with Gasteiger partial charge in [-0.2, -0.15) is 0 Å². The molecule has 2 rings (SSSR count). The SMILES string of the molecule is Cc1ccc2cccc(O)c2n1.[Ga+3]. The minimum Gasteiger partial charge on any atom is -0.506 e. The van der Waals surface area contributed by atoms with E-state index >= 15 is 0 Å². The zero-order valence-corrected chi connectivity index (χ0v) is 9.78. The molecule has 13 heavy (non-hydrogen) atoms. The maximum atomic E-state index is 9.43. The summed E-state index contributed by atoms with van der Waals surface area (Å²) in [5.41, 5.74) is 1.60. The number of hydrogen-bond acceptors (Lipinski definition) is 2. The Labute approximate surface area is 89.7 Å². The summed E-state index contributed by atoms with van der Waals surface area (Å²) in [7, 11) is 0. The van der Waals surface area contributed by atoms with Gasteiger partial charge in [-0.1, -0.05) is 18.2 Å². The van der Waals surface area contributed by atoms with Crippen LogP contribution in [-0.2, 0) is 0 Å². The number of aromatic nitrogens is 1. The molecule has 1 aromatic heterocycles. The van der Waals surface area contributed by atoms with Crippen LogP contribution in [0, 0.1) is 6.92 Å². The Morgan fingerprint density at radius 3 is 2.69 bits per heavy atom. The van der Waals surface area contributed by atoms with Crippen molar-refractivity contribution in [3.63, 3.8) is 0 Å². The van der Waals surface area contributed by atoms with Crippen molar-refractivity contribution in [2.24, 2.45) is 0 Å². The van der Waals surface area contributed by atoms with E-state index in [1.54, 1.807) is 6.07 Å². The fraction of sp³-hybridized carbons (Fsp3) is 0.100. The van der Waals surface area contributed by atoms with Gasteiger partial charge in [0.1, 0.15) is 11.3 Å². The maximum Gasteiger partial charge on any atom is 3.00 e. The maximum absolute atomic E-state index is 9.43. The standard InChI is InChI=1S/C10H9NO.Ga/c1-7-5-6-8-3-2-4-9(12)10(8)11-7;/h2-6,12H,1H3;/q;+3. The Hall–Kier alpha value is -0.934. The van der Waals surface area contributed by atoms with Crippen LogP contribution in [0.15, 0.2) is 30.3 Å². The van der Waals surface area contributed by atoms with Gasteiger partial charge in [0.15, 0.2) is 0 Å². The Kier molecular flexibility index (Phi) is 3.01. The molecule has 0 amide bonds. The number of para-hydroxylation sites is 1. The van der Waals surface area contributed by atoms with Gasteiger partial charge in [0.25, 0.3) is 0 Å². The number of phenols is 1. The summed E-state index contributed by atoms with van der Waals surface area (Å²) in [4.78, 5) is 4.23. The van der Waals surface area contributed by atoms with Crippen molar-refractivity contribution in [2.45, 2.75) is 6.92 Å². The fourth-order valence-corrected chi connectivity index (χ4v) is 1.23. The Bertz CT molecular complexity index is 428. The van der Waals surface area contributed by atoms with Crippen LogP contribution in [0.1, 0.15) is 5.69 Å². The summed E-state index contributed by atoms with van der Waals surface area (Å²) in [6, 6.07) is 9.28. The smallest absolute Gasteiger partial charge is 0.506 e. The average Bonchev–Trinajstić information content (AvgIpc) is 2.07. The van der Waals surface area contributed by atoms with E-state index in [9.17, 15) is 5.11 Å². The second-order valence-corrected chi connectivity index (χ2v) is 2.80. The number of aryl methyl sites for hydroxylation is 1. The van der Waals surface area contributed by atoms with E-state index in [1.807, 2.05) is 31.2 Å². The molecular formula is C10H9GaNO+3. The largest absolute Gasteiger partial charge is 3.00 e. The first-order valence-electron chi connectivity index (χ1n) is 3.83. The summed E-state index contributed by atoms with van der Waals surface area (Å²) in [5, 5.41) is 10.4. The first kappa shape index (κ1) is 10.1. The molecule has 0 radical (unpaired) electrons. The monoisotopic (exact) mass is 228 g/mol. The van der Waals surface area contributed by atoms with Gasteiger partial charge in [0, 0.05) is 11.1 Å². The van der Waals surface area contributed by atoms with Crippen molar-refractivity contribution < 1.29 is 5.11 Å². The van der Waals surface area contributed by atoms with Gasteiger partial charge in [-0.25, -0.2) is 4.98 Å². The first-order valence-corrected chi connectivity index (χ1v) is 3.83. The molecule has 1 heterocycles. The molecule has 1 N–H and O–H groups in total. The molecule has 3 heteroatoms. The number of pyridine rings is 1. The first-order chi connectivity index (χ1) is 5.77. The molecule has 0 bridgehead atoms. The van der Waals surface area contributed by atoms with Crippen molar-refractivity contribution in [3.8, 4) is 5.75 Å². The normalized spacial score (nSPS) is 9.62. The Balaban J connectivity index is 0.000000845. The summed E-state index contributed by atoms with van der Waals surface area (Å²) in [5.74, 6) is 0.246. The molecule has 0 unspecified atom stereocenters. The molecule has 0 saturated heterocycles. The number of aromatic hydroxyl groups is 1. The third-order valence-corrected chi connectivity index (χ3v) is 1.84. The molecule has 2 aromatic rings. The van der Waals surface area contributed by atoms with Crippen molar-refractivity contribution in [1.29, 1.82) is 0 Å². The third-order valence-electron chi connectivity index (χ3n) is 1.84. The second-order valence-electron chi connectivity index (χ2n) is 2.80. The van der Waals surface area contributed by atoms with E-state index < -0.39 is 0 Å². The van der Waals surface area contributed by atoms with Crippen molar-refractivity contribution >= 4 is 30.7 Å². The summed E-state index contributed by atoms with van der Waals surface area (Å²) >= 11 is 0. The molecule has 0 fully saturated rings. The van der Waals surface area contributed by atoms with Crippen LogP contribution in [0.2, 0.25) is 0 Å². The molecule has 0 atom stereocenters. The molecule has 1 aromatic carbocycles. The van der Waals surface area contributed by atoms with Crippen molar-refractivity contribution in [3.05, 3.63) is 36.0 Å². The number of hydrogen-bond donors (Lipinski definition) is 1. The molecular weight excluding hydrogens is 220 g/mol. The average molecular weight is 229 g/mol.